The highest BCUT2D eigenvalue weighted by atomic mass is 16.6. The predicted octanol–water partition coefficient (Wildman–Crippen LogP) is 3.97. The Balaban J connectivity index is 1.59. The molecule has 0 saturated carbocycles. The molecule has 2 saturated heterocycles. The molecule has 2 unspecified atom stereocenters. The van der Waals surface area contributed by atoms with Crippen LogP contribution < -0.4 is 9.47 Å². The summed E-state index contributed by atoms with van der Waals surface area (Å²) in [6.45, 7) is 10.1. The van der Waals surface area contributed by atoms with E-state index in [9.17, 15) is 9.59 Å². The Hall–Kier alpha value is -2.70. The molecular weight excluding hydrogens is 396 g/mol. The van der Waals surface area contributed by atoms with Crippen molar-refractivity contribution in [3.05, 3.63) is 29.8 Å². The standard InChI is InChI=1S/C24H34N2O5/c1-6-30-21-15-17(7-9-20(21)29-5)8-10-22(27)25-13-12-19-18(16-25)11-14-26(19)23(28)31-24(2,3)4/h7-10,15,18-19H,6,11-14,16H2,1-5H3. The SMILES string of the molecule is CCOc1cc(C=CC(=O)N2CCC3C(CCN3C(=O)OC(C)(C)C)C2)ccc1OC. The topological polar surface area (TPSA) is 68.3 Å². The average Bonchev–Trinajstić information content (AvgIpc) is 3.14. The summed E-state index contributed by atoms with van der Waals surface area (Å²) in [5.41, 5.74) is 0.379. The Morgan fingerprint density at radius 3 is 2.61 bits per heavy atom. The van der Waals surface area contributed by atoms with Crippen LogP contribution in [0.5, 0.6) is 11.5 Å². The summed E-state index contributed by atoms with van der Waals surface area (Å²) in [5.74, 6) is 1.61. The number of hydrogen-bond donors (Lipinski definition) is 0. The summed E-state index contributed by atoms with van der Waals surface area (Å²) >= 11 is 0. The van der Waals surface area contributed by atoms with Crippen LogP contribution in [0.1, 0.15) is 46.1 Å². The molecule has 2 aliphatic heterocycles. The van der Waals surface area contributed by atoms with Gasteiger partial charge >= 0.3 is 6.09 Å². The van der Waals surface area contributed by atoms with Crippen molar-refractivity contribution in [3.63, 3.8) is 0 Å². The van der Waals surface area contributed by atoms with E-state index in [-0.39, 0.29) is 18.0 Å². The molecule has 2 aliphatic rings. The summed E-state index contributed by atoms with van der Waals surface area (Å²) in [4.78, 5) is 29.0. The third-order valence-electron chi connectivity index (χ3n) is 5.68. The minimum Gasteiger partial charge on any atom is -0.493 e. The van der Waals surface area contributed by atoms with E-state index in [1.807, 2.05) is 55.7 Å². The van der Waals surface area contributed by atoms with E-state index in [1.165, 1.54) is 0 Å². The van der Waals surface area contributed by atoms with Gasteiger partial charge in [-0.2, -0.15) is 0 Å². The molecule has 0 N–H and O–H groups in total. The molecule has 2 amide bonds. The number of ether oxygens (including phenoxy) is 3. The predicted molar refractivity (Wildman–Crippen MR) is 119 cm³/mol. The first-order chi connectivity index (χ1) is 14.7. The van der Waals surface area contributed by atoms with Gasteiger partial charge in [-0.05, 0) is 70.2 Å². The molecule has 7 nitrogen and oxygen atoms in total. The fraction of sp³-hybridized carbons (Fsp3) is 0.583. The van der Waals surface area contributed by atoms with E-state index < -0.39 is 5.60 Å². The Morgan fingerprint density at radius 1 is 1.16 bits per heavy atom. The molecule has 1 aromatic rings. The van der Waals surface area contributed by atoms with Crippen LogP contribution in [0.2, 0.25) is 0 Å². The van der Waals surface area contributed by atoms with E-state index in [0.29, 0.717) is 43.7 Å². The number of fused-ring (bicyclic) bond motifs is 1. The zero-order chi connectivity index (χ0) is 22.6. The fourth-order valence-corrected chi connectivity index (χ4v) is 4.27. The molecular formula is C24H34N2O5. The van der Waals surface area contributed by atoms with Gasteiger partial charge in [-0.25, -0.2) is 4.79 Å². The lowest BCUT2D eigenvalue weighted by atomic mass is 9.93. The second-order valence-electron chi connectivity index (χ2n) is 9.04. The van der Waals surface area contributed by atoms with Crippen LogP contribution in [0.4, 0.5) is 4.79 Å². The van der Waals surface area contributed by atoms with Crippen molar-refractivity contribution in [2.75, 3.05) is 33.4 Å². The summed E-state index contributed by atoms with van der Waals surface area (Å²) in [7, 11) is 1.60. The second-order valence-corrected chi connectivity index (χ2v) is 9.04. The largest absolute Gasteiger partial charge is 0.493 e. The fourth-order valence-electron chi connectivity index (χ4n) is 4.27. The van der Waals surface area contributed by atoms with Gasteiger partial charge in [0.1, 0.15) is 5.60 Å². The molecule has 2 atom stereocenters. The van der Waals surface area contributed by atoms with Crippen LogP contribution in [0, 0.1) is 5.92 Å². The smallest absolute Gasteiger partial charge is 0.410 e. The number of nitrogens with zero attached hydrogens (tertiary/aromatic N) is 2. The lowest BCUT2D eigenvalue weighted by molar-refractivity contribution is -0.128. The highest BCUT2D eigenvalue weighted by molar-refractivity contribution is 5.92. The average molecular weight is 431 g/mol. The summed E-state index contributed by atoms with van der Waals surface area (Å²) in [6.07, 6.45) is 4.84. The van der Waals surface area contributed by atoms with Gasteiger partial charge in [0.15, 0.2) is 11.5 Å². The molecule has 3 rings (SSSR count). The van der Waals surface area contributed by atoms with E-state index >= 15 is 0 Å². The summed E-state index contributed by atoms with van der Waals surface area (Å²) < 4.78 is 16.5. The number of carbonyl (C=O) groups is 2. The molecule has 2 heterocycles. The van der Waals surface area contributed by atoms with Crippen molar-refractivity contribution in [2.24, 2.45) is 5.92 Å². The third kappa shape index (κ3) is 5.71. The number of likely N-dealkylation sites (tertiary alicyclic amines) is 2. The van der Waals surface area contributed by atoms with Crippen LogP contribution in [0.25, 0.3) is 6.08 Å². The number of hydrogen-bond acceptors (Lipinski definition) is 5. The van der Waals surface area contributed by atoms with Crippen molar-refractivity contribution < 1.29 is 23.8 Å². The van der Waals surface area contributed by atoms with Crippen molar-refractivity contribution in [1.82, 2.24) is 9.80 Å². The number of piperidine rings is 1. The Kier molecular flexibility index (Phi) is 7.13. The number of rotatable bonds is 5. The van der Waals surface area contributed by atoms with Crippen molar-refractivity contribution in [3.8, 4) is 11.5 Å². The van der Waals surface area contributed by atoms with Gasteiger partial charge in [0.2, 0.25) is 5.91 Å². The van der Waals surface area contributed by atoms with Gasteiger partial charge in [0.05, 0.1) is 13.7 Å². The van der Waals surface area contributed by atoms with Gasteiger partial charge in [0.25, 0.3) is 0 Å². The van der Waals surface area contributed by atoms with Crippen molar-refractivity contribution in [1.29, 1.82) is 0 Å². The zero-order valence-corrected chi connectivity index (χ0v) is 19.2. The minimum absolute atomic E-state index is 0.0112. The van der Waals surface area contributed by atoms with E-state index in [4.69, 9.17) is 14.2 Å². The Labute approximate surface area is 184 Å². The third-order valence-corrected chi connectivity index (χ3v) is 5.68. The molecule has 7 heteroatoms. The van der Waals surface area contributed by atoms with Crippen molar-refractivity contribution in [2.45, 2.75) is 52.2 Å². The molecule has 1 aromatic carbocycles. The molecule has 170 valence electrons. The lowest BCUT2D eigenvalue weighted by Gasteiger charge is -2.37. The molecule has 31 heavy (non-hydrogen) atoms. The number of benzene rings is 1. The zero-order valence-electron chi connectivity index (χ0n) is 19.2. The summed E-state index contributed by atoms with van der Waals surface area (Å²) in [5, 5.41) is 0. The van der Waals surface area contributed by atoms with Crippen LogP contribution in [0.3, 0.4) is 0 Å². The first-order valence-electron chi connectivity index (χ1n) is 11.0. The highest BCUT2D eigenvalue weighted by Crippen LogP contribution is 2.33. The normalized spacial score (nSPS) is 21.2. The molecule has 0 spiro atoms. The van der Waals surface area contributed by atoms with Gasteiger partial charge in [-0.15, -0.1) is 0 Å². The summed E-state index contributed by atoms with van der Waals surface area (Å²) in [6, 6.07) is 5.75. The number of methoxy groups -OCH3 is 1. The van der Waals surface area contributed by atoms with Crippen LogP contribution in [-0.4, -0.2) is 66.8 Å². The minimum atomic E-state index is -0.500. The van der Waals surface area contributed by atoms with Gasteiger partial charge in [-0.3, -0.25) is 4.79 Å². The van der Waals surface area contributed by atoms with Crippen LogP contribution >= 0.6 is 0 Å². The van der Waals surface area contributed by atoms with E-state index in [0.717, 1.165) is 18.4 Å². The first-order valence-corrected chi connectivity index (χ1v) is 11.0. The van der Waals surface area contributed by atoms with Crippen LogP contribution in [-0.2, 0) is 9.53 Å². The quantitative estimate of drug-likeness (QED) is 0.662. The monoisotopic (exact) mass is 430 g/mol. The van der Waals surface area contributed by atoms with Crippen LogP contribution in [0.15, 0.2) is 24.3 Å². The lowest BCUT2D eigenvalue weighted by Crippen LogP contribution is -2.49. The van der Waals surface area contributed by atoms with Gasteiger partial charge < -0.3 is 24.0 Å². The molecule has 2 fully saturated rings. The maximum absolute atomic E-state index is 12.8. The number of amides is 2. The molecule has 0 radical (unpaired) electrons. The number of carbonyl (C=O) groups excluding carboxylic acids is 2. The van der Waals surface area contributed by atoms with Gasteiger partial charge in [0, 0.05) is 31.8 Å². The van der Waals surface area contributed by atoms with E-state index in [2.05, 4.69) is 0 Å². The maximum atomic E-state index is 12.8. The van der Waals surface area contributed by atoms with Crippen molar-refractivity contribution >= 4 is 18.1 Å². The Bertz CT molecular complexity index is 830. The molecule has 0 aliphatic carbocycles. The second kappa shape index (κ2) is 9.62. The highest BCUT2D eigenvalue weighted by Gasteiger charge is 2.42. The maximum Gasteiger partial charge on any atom is 0.410 e. The first kappa shape index (κ1) is 23.0. The molecule has 0 bridgehead atoms. The Morgan fingerprint density at radius 2 is 1.94 bits per heavy atom. The molecule has 0 aromatic heterocycles. The van der Waals surface area contributed by atoms with Gasteiger partial charge in [-0.1, -0.05) is 6.07 Å². The van der Waals surface area contributed by atoms with E-state index in [1.54, 1.807) is 19.3 Å².